The number of rotatable bonds is 10. The van der Waals surface area contributed by atoms with Crippen LogP contribution in [0.25, 0.3) is 0 Å². The Hall–Kier alpha value is -3.95. The molecule has 3 aromatic rings. The van der Waals surface area contributed by atoms with Crippen LogP contribution in [0.5, 0.6) is 0 Å². The summed E-state index contributed by atoms with van der Waals surface area (Å²) in [6, 6.07) is 21.0. The number of benzene rings is 3. The summed E-state index contributed by atoms with van der Waals surface area (Å²) >= 11 is 0. The molecule has 200 valence electrons. The average molecular weight is 520 g/mol. The molecule has 3 amide bonds. The topological polar surface area (TPSA) is 85.9 Å². The molecule has 38 heavy (non-hydrogen) atoms. The number of nitrogens with zero attached hydrogens (tertiary/aromatic N) is 2. The zero-order chi connectivity index (χ0) is 26.7. The molecule has 1 fully saturated rings. The molecule has 0 saturated carbocycles. The predicted octanol–water partition coefficient (Wildman–Crippen LogP) is 4.56. The summed E-state index contributed by atoms with van der Waals surface area (Å²) in [5.41, 5.74) is 3.08. The van der Waals surface area contributed by atoms with Gasteiger partial charge in [-0.05, 0) is 42.3 Å². The summed E-state index contributed by atoms with van der Waals surface area (Å²) in [5.74, 6) is -0.749. The summed E-state index contributed by atoms with van der Waals surface area (Å²) in [5, 5.41) is 8.16. The average Bonchev–Trinajstić information content (AvgIpc) is 2.93. The van der Waals surface area contributed by atoms with Gasteiger partial charge in [0.1, 0.15) is 5.82 Å². The van der Waals surface area contributed by atoms with Gasteiger partial charge in [0.05, 0.1) is 11.3 Å². The van der Waals surface area contributed by atoms with Gasteiger partial charge in [0.25, 0.3) is 5.91 Å². The molecule has 3 aromatic carbocycles. The van der Waals surface area contributed by atoms with Gasteiger partial charge in [-0.1, -0.05) is 42.5 Å². The highest BCUT2D eigenvalue weighted by atomic mass is 19.1. The Labute approximate surface area is 222 Å². The van der Waals surface area contributed by atoms with E-state index < -0.39 is 11.8 Å². The van der Waals surface area contributed by atoms with Gasteiger partial charge in [-0.2, -0.15) is 0 Å². The summed E-state index contributed by atoms with van der Waals surface area (Å²) in [4.78, 5) is 30.3. The largest absolute Gasteiger partial charge is 0.385 e. The van der Waals surface area contributed by atoms with E-state index in [4.69, 9.17) is 4.74 Å². The molecule has 9 heteroatoms. The third-order valence-corrected chi connectivity index (χ3v) is 6.39. The maximum atomic E-state index is 13.9. The molecule has 3 N–H and O–H groups in total. The van der Waals surface area contributed by atoms with Gasteiger partial charge < -0.3 is 25.6 Å². The lowest BCUT2D eigenvalue weighted by molar-refractivity contribution is 0.0949. The lowest BCUT2D eigenvalue weighted by Crippen LogP contribution is -2.46. The minimum absolute atomic E-state index is 0.0751. The van der Waals surface area contributed by atoms with Crippen molar-refractivity contribution in [3.8, 4) is 0 Å². The van der Waals surface area contributed by atoms with Crippen molar-refractivity contribution >= 4 is 29.0 Å². The van der Waals surface area contributed by atoms with E-state index in [0.29, 0.717) is 30.8 Å². The van der Waals surface area contributed by atoms with E-state index in [1.807, 2.05) is 12.1 Å². The number of carbonyl (C=O) groups is 2. The third-order valence-electron chi connectivity index (χ3n) is 6.39. The third kappa shape index (κ3) is 7.53. The molecule has 0 aromatic heterocycles. The van der Waals surface area contributed by atoms with Crippen LogP contribution in [-0.2, 0) is 11.3 Å². The number of piperazine rings is 1. The number of halogens is 1. The van der Waals surface area contributed by atoms with Crippen molar-refractivity contribution in [2.24, 2.45) is 0 Å². The zero-order valence-electron chi connectivity index (χ0n) is 21.6. The second-order valence-electron chi connectivity index (χ2n) is 9.14. The number of nitrogens with one attached hydrogen (secondary N) is 3. The number of urea groups is 1. The molecule has 0 aliphatic carbocycles. The van der Waals surface area contributed by atoms with Crippen molar-refractivity contribution in [3.05, 3.63) is 89.7 Å². The van der Waals surface area contributed by atoms with Gasteiger partial charge in [0.15, 0.2) is 0 Å². The van der Waals surface area contributed by atoms with Crippen molar-refractivity contribution < 1.29 is 18.7 Å². The molecule has 8 nitrogen and oxygen atoms in total. The van der Waals surface area contributed by atoms with Crippen molar-refractivity contribution in [2.75, 3.05) is 62.0 Å². The number of carbonyl (C=O) groups excluding carboxylic acids is 2. The minimum atomic E-state index is -0.594. The van der Waals surface area contributed by atoms with E-state index in [1.54, 1.807) is 31.4 Å². The van der Waals surface area contributed by atoms with Crippen LogP contribution in [0, 0.1) is 5.82 Å². The number of amides is 3. The van der Waals surface area contributed by atoms with Crippen molar-refractivity contribution in [2.45, 2.75) is 13.0 Å². The second kappa shape index (κ2) is 13.6. The number of para-hydroxylation sites is 1. The van der Waals surface area contributed by atoms with E-state index in [1.165, 1.54) is 17.7 Å². The molecule has 0 atom stereocenters. The molecule has 0 radical (unpaired) electrons. The minimum Gasteiger partial charge on any atom is -0.385 e. The van der Waals surface area contributed by atoms with Crippen LogP contribution in [-0.4, -0.2) is 63.3 Å². The van der Waals surface area contributed by atoms with Crippen LogP contribution in [0.2, 0.25) is 0 Å². The molecule has 0 unspecified atom stereocenters. The second-order valence-corrected chi connectivity index (χ2v) is 9.14. The molecule has 1 heterocycles. The Morgan fingerprint density at radius 1 is 0.921 bits per heavy atom. The lowest BCUT2D eigenvalue weighted by Gasteiger charge is -2.37. The maximum absolute atomic E-state index is 13.9. The Morgan fingerprint density at radius 3 is 2.39 bits per heavy atom. The maximum Gasteiger partial charge on any atom is 0.323 e. The SMILES string of the molecule is COCCCNC(=O)c1cc(NC(=O)Nc2ccccc2F)ccc1N1CCN(Cc2ccccc2)CC1. The summed E-state index contributed by atoms with van der Waals surface area (Å²) in [6.07, 6.45) is 0.693. The first-order valence-corrected chi connectivity index (χ1v) is 12.8. The number of hydrogen-bond acceptors (Lipinski definition) is 5. The van der Waals surface area contributed by atoms with E-state index in [-0.39, 0.29) is 11.6 Å². The number of ether oxygens (including phenoxy) is 1. The fourth-order valence-corrected chi connectivity index (χ4v) is 4.42. The van der Waals surface area contributed by atoms with Crippen molar-refractivity contribution in [1.29, 1.82) is 0 Å². The molecule has 4 rings (SSSR count). The molecule has 0 spiro atoms. The highest BCUT2D eigenvalue weighted by molar-refractivity contribution is 6.04. The molecule has 0 bridgehead atoms. The standard InChI is InChI=1S/C29H34FN5O3/c1-38-19-7-14-31-28(36)24-20-23(32-29(37)33-26-11-6-5-10-25(26)30)12-13-27(24)35-17-15-34(16-18-35)21-22-8-3-2-4-9-22/h2-6,8-13,20H,7,14-19,21H2,1H3,(H,31,36)(H2,32,33,37). The van der Waals surface area contributed by atoms with Gasteiger partial charge in [-0.15, -0.1) is 0 Å². The van der Waals surface area contributed by atoms with Gasteiger partial charge >= 0.3 is 6.03 Å². The van der Waals surface area contributed by atoms with Crippen molar-refractivity contribution in [1.82, 2.24) is 10.2 Å². The van der Waals surface area contributed by atoms with Crippen LogP contribution in [0.15, 0.2) is 72.8 Å². The van der Waals surface area contributed by atoms with E-state index in [2.05, 4.69) is 50.0 Å². The molecular weight excluding hydrogens is 485 g/mol. The van der Waals surface area contributed by atoms with Crippen LogP contribution in [0.3, 0.4) is 0 Å². The normalized spacial score (nSPS) is 13.7. The van der Waals surface area contributed by atoms with E-state index in [0.717, 1.165) is 38.4 Å². The van der Waals surface area contributed by atoms with Gasteiger partial charge in [0, 0.05) is 64.4 Å². The Bertz CT molecular complexity index is 1220. The number of methoxy groups -OCH3 is 1. The Balaban J connectivity index is 1.45. The number of anilines is 3. The first-order chi connectivity index (χ1) is 18.5. The Kier molecular flexibility index (Phi) is 9.66. The lowest BCUT2D eigenvalue weighted by atomic mass is 10.1. The number of hydrogen-bond donors (Lipinski definition) is 3. The van der Waals surface area contributed by atoms with Gasteiger partial charge in [-0.25, -0.2) is 9.18 Å². The fourth-order valence-electron chi connectivity index (χ4n) is 4.42. The van der Waals surface area contributed by atoms with Crippen LogP contribution < -0.4 is 20.9 Å². The molecule has 1 aliphatic rings. The highest BCUT2D eigenvalue weighted by Gasteiger charge is 2.22. The summed E-state index contributed by atoms with van der Waals surface area (Å²) in [7, 11) is 1.62. The quantitative estimate of drug-likeness (QED) is 0.342. The molecule has 1 aliphatic heterocycles. The van der Waals surface area contributed by atoms with E-state index >= 15 is 0 Å². The zero-order valence-corrected chi connectivity index (χ0v) is 21.6. The van der Waals surface area contributed by atoms with Gasteiger partial charge in [-0.3, -0.25) is 9.69 Å². The molecule has 1 saturated heterocycles. The van der Waals surface area contributed by atoms with E-state index in [9.17, 15) is 14.0 Å². The summed E-state index contributed by atoms with van der Waals surface area (Å²) in [6.45, 7) is 5.20. The van der Waals surface area contributed by atoms with Crippen LogP contribution in [0.4, 0.5) is 26.2 Å². The van der Waals surface area contributed by atoms with Crippen LogP contribution >= 0.6 is 0 Å². The summed E-state index contributed by atoms with van der Waals surface area (Å²) < 4.78 is 19.0. The first kappa shape index (κ1) is 27.1. The first-order valence-electron chi connectivity index (χ1n) is 12.8. The van der Waals surface area contributed by atoms with Crippen molar-refractivity contribution in [3.63, 3.8) is 0 Å². The van der Waals surface area contributed by atoms with Gasteiger partial charge in [0.2, 0.25) is 0 Å². The van der Waals surface area contributed by atoms with Crippen LogP contribution in [0.1, 0.15) is 22.3 Å². The molecular formula is C29H34FN5O3. The predicted molar refractivity (Wildman–Crippen MR) is 148 cm³/mol. The fraction of sp³-hybridized carbons (Fsp3) is 0.310. The Morgan fingerprint density at radius 2 is 1.66 bits per heavy atom. The smallest absolute Gasteiger partial charge is 0.323 e. The monoisotopic (exact) mass is 519 g/mol. The highest BCUT2D eigenvalue weighted by Crippen LogP contribution is 2.26.